The summed E-state index contributed by atoms with van der Waals surface area (Å²) in [6.07, 6.45) is 0.0247. The summed E-state index contributed by atoms with van der Waals surface area (Å²) in [6.45, 7) is 3.59. The first-order valence-corrected chi connectivity index (χ1v) is 9.65. The summed E-state index contributed by atoms with van der Waals surface area (Å²) in [5.74, 6) is -0.279. The molecule has 0 saturated heterocycles. The fourth-order valence-electron chi connectivity index (χ4n) is 2.65. The van der Waals surface area contributed by atoms with Gasteiger partial charge in [0.2, 0.25) is 15.9 Å². The van der Waals surface area contributed by atoms with Gasteiger partial charge >= 0.3 is 0 Å². The minimum atomic E-state index is -3.67. The molecule has 0 aliphatic rings. The number of fused-ring (bicyclic) bond motifs is 1. The first kappa shape index (κ1) is 18.1. The lowest BCUT2D eigenvalue weighted by Gasteiger charge is -2.08. The Morgan fingerprint density at radius 3 is 2.54 bits per heavy atom. The number of benzene rings is 2. The van der Waals surface area contributed by atoms with E-state index in [0.29, 0.717) is 11.4 Å². The summed E-state index contributed by atoms with van der Waals surface area (Å²) in [6, 6.07) is 12.5. The van der Waals surface area contributed by atoms with E-state index >= 15 is 0 Å². The second kappa shape index (κ2) is 7.27. The second-order valence-corrected chi connectivity index (χ2v) is 7.78. The van der Waals surface area contributed by atoms with Crippen LogP contribution in [0.2, 0.25) is 0 Å². The zero-order chi connectivity index (χ0) is 18.7. The number of sulfonamides is 1. The van der Waals surface area contributed by atoms with Gasteiger partial charge in [0.25, 0.3) is 0 Å². The number of aryl methyl sites for hydroxylation is 2. The van der Waals surface area contributed by atoms with E-state index in [1.54, 1.807) is 32.0 Å². The molecule has 0 radical (unpaired) electrons. The van der Waals surface area contributed by atoms with Crippen LogP contribution in [0, 0.1) is 13.8 Å². The van der Waals surface area contributed by atoms with Crippen LogP contribution in [0.25, 0.3) is 10.8 Å². The zero-order valence-corrected chi connectivity index (χ0v) is 15.4. The van der Waals surface area contributed by atoms with Crippen molar-refractivity contribution in [3.63, 3.8) is 0 Å². The highest BCUT2D eigenvalue weighted by Crippen LogP contribution is 2.19. The average Bonchev–Trinajstić information content (AvgIpc) is 2.93. The van der Waals surface area contributed by atoms with Crippen LogP contribution in [0.5, 0.6) is 0 Å². The fraction of sp³-hybridized carbons (Fsp3) is 0.222. The third kappa shape index (κ3) is 3.92. The first-order valence-electron chi connectivity index (χ1n) is 8.17. The number of aromatic nitrogens is 2. The molecule has 3 aromatic rings. The highest BCUT2D eigenvalue weighted by molar-refractivity contribution is 7.89. The number of hydrogen-bond acceptors (Lipinski definition) is 4. The van der Waals surface area contributed by atoms with E-state index in [4.69, 9.17) is 0 Å². The molecular formula is C18H20N4O3S. The zero-order valence-electron chi connectivity index (χ0n) is 14.5. The van der Waals surface area contributed by atoms with Crippen molar-refractivity contribution in [3.05, 3.63) is 53.9 Å². The van der Waals surface area contributed by atoms with Crippen molar-refractivity contribution >= 4 is 32.4 Å². The molecule has 1 heterocycles. The molecular weight excluding hydrogens is 352 g/mol. The molecule has 1 aromatic heterocycles. The van der Waals surface area contributed by atoms with Crippen LogP contribution < -0.4 is 10.0 Å². The van der Waals surface area contributed by atoms with Gasteiger partial charge in [-0.25, -0.2) is 13.1 Å². The average molecular weight is 372 g/mol. The number of nitrogens with zero attached hydrogens (tertiary/aromatic N) is 1. The topological polar surface area (TPSA) is 104 Å². The quantitative estimate of drug-likeness (QED) is 0.618. The molecule has 0 saturated carbocycles. The Bertz CT molecular complexity index is 1040. The normalized spacial score (nSPS) is 11.6. The summed E-state index contributed by atoms with van der Waals surface area (Å²) in [4.78, 5) is 12.2. The van der Waals surface area contributed by atoms with Gasteiger partial charge in [-0.15, -0.1) is 0 Å². The number of H-pyrrole nitrogens is 1. The Balaban J connectivity index is 1.61. The Morgan fingerprint density at radius 1 is 1.12 bits per heavy atom. The second-order valence-electron chi connectivity index (χ2n) is 6.01. The molecule has 3 rings (SSSR count). The molecule has 3 N–H and O–H groups in total. The molecule has 8 heteroatoms. The third-order valence-electron chi connectivity index (χ3n) is 4.07. The summed E-state index contributed by atoms with van der Waals surface area (Å²) in [7, 11) is -3.67. The van der Waals surface area contributed by atoms with E-state index in [1.807, 2.05) is 24.3 Å². The fourth-order valence-corrected chi connectivity index (χ4v) is 3.72. The van der Waals surface area contributed by atoms with Gasteiger partial charge < -0.3 is 5.32 Å². The summed E-state index contributed by atoms with van der Waals surface area (Å²) in [5.41, 5.74) is 2.08. The van der Waals surface area contributed by atoms with E-state index in [0.717, 1.165) is 16.5 Å². The largest absolute Gasteiger partial charge is 0.323 e. The lowest BCUT2D eigenvalue weighted by molar-refractivity contribution is -0.116. The number of anilines is 1. The van der Waals surface area contributed by atoms with Crippen molar-refractivity contribution in [1.29, 1.82) is 0 Å². The molecule has 136 valence electrons. The number of aromatic amines is 1. The maximum atomic E-state index is 12.4. The van der Waals surface area contributed by atoms with Crippen molar-refractivity contribution < 1.29 is 13.2 Å². The van der Waals surface area contributed by atoms with E-state index in [2.05, 4.69) is 20.2 Å². The van der Waals surface area contributed by atoms with E-state index in [9.17, 15) is 13.2 Å². The molecule has 26 heavy (non-hydrogen) atoms. The molecule has 0 spiro atoms. The van der Waals surface area contributed by atoms with E-state index in [-0.39, 0.29) is 23.8 Å². The summed E-state index contributed by atoms with van der Waals surface area (Å²) < 4.78 is 27.3. The standard InChI is InChI=1S/C18H20N4O3S/c1-12-18(13(2)22-21-12)20-17(23)9-10-19-26(24,25)16-8-7-14-5-3-4-6-15(14)11-16/h3-8,11,19H,9-10H2,1-2H3,(H,20,23)(H,21,22). The number of hydrogen-bond donors (Lipinski definition) is 3. The minimum Gasteiger partial charge on any atom is -0.323 e. The van der Waals surface area contributed by atoms with Crippen LogP contribution in [0.3, 0.4) is 0 Å². The predicted octanol–water partition coefficient (Wildman–Crippen LogP) is 2.49. The monoisotopic (exact) mass is 372 g/mol. The van der Waals surface area contributed by atoms with Crippen LogP contribution in [0.1, 0.15) is 17.8 Å². The Morgan fingerprint density at radius 2 is 1.85 bits per heavy atom. The summed E-state index contributed by atoms with van der Waals surface area (Å²) >= 11 is 0. The van der Waals surface area contributed by atoms with Gasteiger partial charge in [-0.2, -0.15) is 5.10 Å². The van der Waals surface area contributed by atoms with Crippen LogP contribution in [-0.4, -0.2) is 31.1 Å². The van der Waals surface area contributed by atoms with Gasteiger partial charge in [-0.05, 0) is 36.8 Å². The Kier molecular flexibility index (Phi) is 5.06. The van der Waals surface area contributed by atoms with Gasteiger partial charge in [-0.1, -0.05) is 30.3 Å². The van der Waals surface area contributed by atoms with Crippen LogP contribution >= 0.6 is 0 Å². The Labute approximate surface area is 151 Å². The molecule has 2 aromatic carbocycles. The highest BCUT2D eigenvalue weighted by Gasteiger charge is 2.15. The van der Waals surface area contributed by atoms with Gasteiger partial charge in [0.05, 0.1) is 22.0 Å². The molecule has 0 aliphatic carbocycles. The van der Waals surface area contributed by atoms with Gasteiger partial charge in [0.1, 0.15) is 0 Å². The van der Waals surface area contributed by atoms with Crippen LogP contribution in [-0.2, 0) is 14.8 Å². The van der Waals surface area contributed by atoms with Gasteiger partial charge in [0, 0.05) is 13.0 Å². The van der Waals surface area contributed by atoms with E-state index < -0.39 is 10.0 Å². The number of amides is 1. The van der Waals surface area contributed by atoms with Crippen molar-refractivity contribution in [2.45, 2.75) is 25.2 Å². The lowest BCUT2D eigenvalue weighted by atomic mass is 10.1. The number of carbonyl (C=O) groups excluding carboxylic acids is 1. The lowest BCUT2D eigenvalue weighted by Crippen LogP contribution is -2.28. The van der Waals surface area contributed by atoms with Crippen molar-refractivity contribution in [2.24, 2.45) is 0 Å². The van der Waals surface area contributed by atoms with Gasteiger partial charge in [0.15, 0.2) is 0 Å². The summed E-state index contributed by atoms with van der Waals surface area (Å²) in [5, 5.41) is 11.3. The van der Waals surface area contributed by atoms with Gasteiger partial charge in [-0.3, -0.25) is 9.89 Å². The van der Waals surface area contributed by atoms with Crippen molar-refractivity contribution in [2.75, 3.05) is 11.9 Å². The highest BCUT2D eigenvalue weighted by atomic mass is 32.2. The third-order valence-corrected chi connectivity index (χ3v) is 5.53. The number of nitrogens with one attached hydrogen (secondary N) is 3. The number of rotatable bonds is 6. The molecule has 0 fully saturated rings. The smallest absolute Gasteiger partial charge is 0.240 e. The number of carbonyl (C=O) groups is 1. The SMILES string of the molecule is Cc1n[nH]c(C)c1NC(=O)CCNS(=O)(=O)c1ccc2ccccc2c1. The van der Waals surface area contributed by atoms with E-state index in [1.165, 1.54) is 0 Å². The maximum Gasteiger partial charge on any atom is 0.240 e. The van der Waals surface area contributed by atoms with Crippen molar-refractivity contribution in [1.82, 2.24) is 14.9 Å². The molecule has 7 nitrogen and oxygen atoms in total. The molecule has 1 amide bonds. The first-order chi connectivity index (χ1) is 12.4. The Hall–Kier alpha value is -2.71. The minimum absolute atomic E-state index is 0.0109. The molecule has 0 atom stereocenters. The maximum absolute atomic E-state index is 12.4. The molecule has 0 aliphatic heterocycles. The molecule has 0 bridgehead atoms. The van der Waals surface area contributed by atoms with Crippen LogP contribution in [0.15, 0.2) is 47.4 Å². The van der Waals surface area contributed by atoms with Crippen LogP contribution in [0.4, 0.5) is 5.69 Å². The predicted molar refractivity (Wildman–Crippen MR) is 100 cm³/mol. The van der Waals surface area contributed by atoms with Crippen molar-refractivity contribution in [3.8, 4) is 0 Å². The molecule has 0 unspecified atom stereocenters.